The molecule has 0 aliphatic carbocycles. The van der Waals surface area contributed by atoms with Gasteiger partial charge < -0.3 is 0 Å². The molecule has 0 radical (unpaired) electrons. The predicted octanol–water partition coefficient (Wildman–Crippen LogP) is 6.47. The van der Waals surface area contributed by atoms with E-state index in [0.717, 1.165) is 11.8 Å². The Hall–Kier alpha value is -0.260. The van der Waals surface area contributed by atoms with E-state index in [1.54, 1.807) is 0 Å². The van der Waals surface area contributed by atoms with Gasteiger partial charge in [0, 0.05) is 0 Å². The van der Waals surface area contributed by atoms with E-state index in [-0.39, 0.29) is 0 Å². The van der Waals surface area contributed by atoms with E-state index in [4.69, 9.17) is 0 Å². The van der Waals surface area contributed by atoms with E-state index in [2.05, 4.69) is 54.7 Å². The predicted molar refractivity (Wildman–Crippen MR) is 82.4 cm³/mol. The topological polar surface area (TPSA) is 0 Å². The van der Waals surface area contributed by atoms with Crippen LogP contribution in [0.4, 0.5) is 0 Å². The molecule has 1 atom stereocenters. The second-order valence-electron chi connectivity index (χ2n) is 6.27. The molecule has 0 aromatic heterocycles. The van der Waals surface area contributed by atoms with Crippen LogP contribution in [0.2, 0.25) is 0 Å². The Balaban J connectivity index is 0. The first-order valence-corrected chi connectivity index (χ1v) is 7.44. The van der Waals surface area contributed by atoms with E-state index in [0.29, 0.717) is 5.41 Å². The van der Waals surface area contributed by atoms with Crippen LogP contribution in [0.15, 0.2) is 13.2 Å². The zero-order valence-electron chi connectivity index (χ0n) is 13.3. The standard InChI is InChI=1S/C15H32.C2H4/c1-7-10-14(11-8-2)13(9-3)12-15(4,5)6;1-2/h13-14H,7-12H2,1-6H3;1-2H2. The first-order chi connectivity index (χ1) is 7.94. The molecule has 104 valence electrons. The van der Waals surface area contributed by atoms with Gasteiger partial charge in [-0.25, -0.2) is 0 Å². The third-order valence-electron chi connectivity index (χ3n) is 3.38. The van der Waals surface area contributed by atoms with Gasteiger partial charge in [-0.15, -0.1) is 13.2 Å². The highest BCUT2D eigenvalue weighted by Gasteiger charge is 2.23. The highest BCUT2D eigenvalue weighted by molar-refractivity contribution is 4.74. The molecule has 0 bridgehead atoms. The monoisotopic (exact) mass is 240 g/mol. The van der Waals surface area contributed by atoms with Gasteiger partial charge in [-0.1, -0.05) is 73.6 Å². The van der Waals surface area contributed by atoms with Gasteiger partial charge in [-0.3, -0.25) is 0 Å². The second-order valence-corrected chi connectivity index (χ2v) is 6.27. The van der Waals surface area contributed by atoms with Crippen LogP contribution in [0.25, 0.3) is 0 Å². The first-order valence-electron chi connectivity index (χ1n) is 7.44. The molecule has 0 spiro atoms. The van der Waals surface area contributed by atoms with Crippen molar-refractivity contribution in [3.8, 4) is 0 Å². The summed E-state index contributed by atoms with van der Waals surface area (Å²) in [5.41, 5.74) is 0.500. The van der Waals surface area contributed by atoms with Crippen LogP contribution in [-0.2, 0) is 0 Å². The molecule has 0 heteroatoms. The lowest BCUT2D eigenvalue weighted by Gasteiger charge is -2.31. The second kappa shape index (κ2) is 10.9. The van der Waals surface area contributed by atoms with Gasteiger partial charge in [-0.05, 0) is 23.7 Å². The zero-order chi connectivity index (χ0) is 13.9. The third kappa shape index (κ3) is 10.6. The summed E-state index contributed by atoms with van der Waals surface area (Å²) in [5.74, 6) is 1.93. The summed E-state index contributed by atoms with van der Waals surface area (Å²) >= 11 is 0. The highest BCUT2D eigenvalue weighted by Crippen LogP contribution is 2.35. The van der Waals surface area contributed by atoms with Crippen molar-refractivity contribution in [2.75, 3.05) is 0 Å². The van der Waals surface area contributed by atoms with Gasteiger partial charge in [0.1, 0.15) is 0 Å². The van der Waals surface area contributed by atoms with Crippen LogP contribution in [0, 0.1) is 17.3 Å². The summed E-state index contributed by atoms with van der Waals surface area (Å²) in [6, 6.07) is 0. The lowest BCUT2D eigenvalue weighted by atomic mass is 9.74. The van der Waals surface area contributed by atoms with Gasteiger partial charge >= 0.3 is 0 Å². The number of hydrogen-bond donors (Lipinski definition) is 0. The average molecular weight is 240 g/mol. The van der Waals surface area contributed by atoms with Crippen LogP contribution >= 0.6 is 0 Å². The lowest BCUT2D eigenvalue weighted by molar-refractivity contribution is 0.196. The summed E-state index contributed by atoms with van der Waals surface area (Å²) in [6.45, 7) is 20.2. The maximum Gasteiger partial charge on any atom is -0.0380 e. The molecule has 0 N–H and O–H groups in total. The zero-order valence-corrected chi connectivity index (χ0v) is 13.3. The fourth-order valence-corrected chi connectivity index (χ4v) is 2.79. The van der Waals surface area contributed by atoms with Crippen LogP contribution in [0.3, 0.4) is 0 Å². The van der Waals surface area contributed by atoms with Gasteiger partial charge in [0.2, 0.25) is 0 Å². The van der Waals surface area contributed by atoms with Crippen molar-refractivity contribution >= 4 is 0 Å². The van der Waals surface area contributed by atoms with Crippen molar-refractivity contribution in [3.05, 3.63) is 13.2 Å². The molecule has 0 amide bonds. The molecule has 1 unspecified atom stereocenters. The first kappa shape index (κ1) is 19.1. The smallest absolute Gasteiger partial charge is 0.0380 e. The van der Waals surface area contributed by atoms with Crippen molar-refractivity contribution < 1.29 is 0 Å². The van der Waals surface area contributed by atoms with E-state index < -0.39 is 0 Å². The van der Waals surface area contributed by atoms with Gasteiger partial charge in [0.25, 0.3) is 0 Å². The van der Waals surface area contributed by atoms with Gasteiger partial charge in [0.05, 0.1) is 0 Å². The normalized spacial score (nSPS) is 13.1. The van der Waals surface area contributed by atoms with Crippen molar-refractivity contribution in [3.63, 3.8) is 0 Å². The fraction of sp³-hybridized carbons (Fsp3) is 0.882. The minimum Gasteiger partial charge on any atom is -0.106 e. The SMILES string of the molecule is C=C.CCCC(CCC)C(CC)CC(C)(C)C. The molecular formula is C17H36. The van der Waals surface area contributed by atoms with E-state index in [1.807, 2.05) is 0 Å². The Bertz CT molecular complexity index is 146. The van der Waals surface area contributed by atoms with Crippen molar-refractivity contribution in [1.82, 2.24) is 0 Å². The Labute approximate surface area is 111 Å². The summed E-state index contributed by atoms with van der Waals surface area (Å²) < 4.78 is 0. The molecule has 0 saturated heterocycles. The van der Waals surface area contributed by atoms with Gasteiger partial charge in [-0.2, -0.15) is 0 Å². The largest absolute Gasteiger partial charge is 0.106 e. The fourth-order valence-electron chi connectivity index (χ4n) is 2.79. The highest BCUT2D eigenvalue weighted by atomic mass is 14.3. The molecular weight excluding hydrogens is 204 g/mol. The van der Waals surface area contributed by atoms with Crippen molar-refractivity contribution in [2.45, 2.75) is 80.1 Å². The number of rotatable bonds is 7. The Kier molecular flexibility index (Phi) is 12.2. The Morgan fingerprint density at radius 1 is 0.824 bits per heavy atom. The Morgan fingerprint density at radius 2 is 1.24 bits per heavy atom. The number of hydrogen-bond acceptors (Lipinski definition) is 0. The molecule has 0 rings (SSSR count). The van der Waals surface area contributed by atoms with Crippen molar-refractivity contribution in [2.24, 2.45) is 17.3 Å². The van der Waals surface area contributed by atoms with E-state index in [9.17, 15) is 0 Å². The maximum absolute atomic E-state index is 3.00. The molecule has 17 heavy (non-hydrogen) atoms. The minimum atomic E-state index is 0.500. The molecule has 0 nitrogen and oxygen atoms in total. The molecule has 0 aliphatic rings. The molecule has 0 heterocycles. The summed E-state index contributed by atoms with van der Waals surface area (Å²) in [7, 11) is 0. The van der Waals surface area contributed by atoms with E-state index in [1.165, 1.54) is 38.5 Å². The van der Waals surface area contributed by atoms with Crippen LogP contribution in [-0.4, -0.2) is 0 Å². The maximum atomic E-state index is 3.00. The van der Waals surface area contributed by atoms with Crippen LogP contribution in [0.1, 0.15) is 80.1 Å². The third-order valence-corrected chi connectivity index (χ3v) is 3.38. The average Bonchev–Trinajstić information content (AvgIpc) is 2.27. The van der Waals surface area contributed by atoms with Crippen molar-refractivity contribution in [1.29, 1.82) is 0 Å². The quantitative estimate of drug-likeness (QED) is 0.447. The van der Waals surface area contributed by atoms with E-state index >= 15 is 0 Å². The minimum absolute atomic E-state index is 0.500. The van der Waals surface area contributed by atoms with Gasteiger partial charge in [0.15, 0.2) is 0 Å². The van der Waals surface area contributed by atoms with Crippen LogP contribution in [0.5, 0.6) is 0 Å². The summed E-state index contributed by atoms with van der Waals surface area (Å²) in [6.07, 6.45) is 8.33. The lowest BCUT2D eigenvalue weighted by Crippen LogP contribution is -2.20. The Morgan fingerprint density at radius 3 is 1.47 bits per heavy atom. The molecule has 0 aromatic rings. The molecule has 0 aliphatic heterocycles. The summed E-state index contributed by atoms with van der Waals surface area (Å²) in [5, 5.41) is 0. The molecule has 0 fully saturated rings. The summed E-state index contributed by atoms with van der Waals surface area (Å²) in [4.78, 5) is 0. The molecule has 0 saturated carbocycles. The van der Waals surface area contributed by atoms with Crippen LogP contribution < -0.4 is 0 Å². The molecule has 0 aromatic carbocycles.